The Morgan fingerprint density at radius 2 is 1.80 bits per heavy atom. The molecule has 0 heterocycles. The van der Waals surface area contributed by atoms with Crippen LogP contribution in [0.3, 0.4) is 0 Å². The van der Waals surface area contributed by atoms with Crippen LogP contribution in [0.2, 0.25) is 0 Å². The van der Waals surface area contributed by atoms with E-state index < -0.39 is 0 Å². The molecule has 0 unspecified atom stereocenters. The van der Waals surface area contributed by atoms with Crippen molar-refractivity contribution < 1.29 is 9.59 Å². The fourth-order valence-electron chi connectivity index (χ4n) is 1.06. The monoisotopic (exact) mass is 205 g/mol. The highest BCUT2D eigenvalue weighted by molar-refractivity contribution is 5.96. The summed E-state index contributed by atoms with van der Waals surface area (Å²) in [4.78, 5) is 22.8. The Hall–Kier alpha value is -1.64. The second-order valence-electron chi connectivity index (χ2n) is 3.67. The van der Waals surface area contributed by atoms with Gasteiger partial charge in [-0.05, 0) is 12.1 Å². The Morgan fingerprint density at radius 3 is 2.33 bits per heavy atom. The van der Waals surface area contributed by atoms with Gasteiger partial charge in [-0.25, -0.2) is 0 Å². The van der Waals surface area contributed by atoms with Crippen molar-refractivity contribution in [2.45, 2.75) is 13.8 Å². The van der Waals surface area contributed by atoms with Crippen LogP contribution in [0.1, 0.15) is 24.2 Å². The van der Waals surface area contributed by atoms with Crippen molar-refractivity contribution >= 4 is 11.7 Å². The minimum atomic E-state index is -0.204. The molecule has 1 amide bonds. The van der Waals surface area contributed by atoms with Crippen molar-refractivity contribution in [2.75, 3.05) is 6.54 Å². The number of carbonyl (C=O) groups is 2. The third kappa shape index (κ3) is 3.54. The predicted octanol–water partition coefficient (Wildman–Crippen LogP) is 1.64. The molecule has 0 radical (unpaired) electrons. The minimum Gasteiger partial charge on any atom is -0.345 e. The van der Waals surface area contributed by atoms with Crippen molar-refractivity contribution in [3.63, 3.8) is 0 Å². The zero-order valence-corrected chi connectivity index (χ0v) is 8.99. The lowest BCUT2D eigenvalue weighted by Gasteiger charge is -2.06. The molecule has 0 aliphatic rings. The number of nitrogens with one attached hydrogen (secondary N) is 1. The summed E-state index contributed by atoms with van der Waals surface area (Å²) in [7, 11) is 0. The molecular weight excluding hydrogens is 190 g/mol. The van der Waals surface area contributed by atoms with Crippen LogP contribution in [0.25, 0.3) is 0 Å². The van der Waals surface area contributed by atoms with E-state index in [1.807, 2.05) is 19.9 Å². The largest absolute Gasteiger partial charge is 0.345 e. The summed E-state index contributed by atoms with van der Waals surface area (Å²) in [6.07, 6.45) is 0. The first-order chi connectivity index (χ1) is 7.11. The molecule has 1 aromatic rings. The van der Waals surface area contributed by atoms with E-state index >= 15 is 0 Å². The molecule has 3 nitrogen and oxygen atoms in total. The average Bonchev–Trinajstić information content (AvgIpc) is 2.26. The molecule has 1 aromatic carbocycles. The molecule has 1 rings (SSSR count). The van der Waals surface area contributed by atoms with Crippen molar-refractivity contribution in [1.29, 1.82) is 0 Å². The van der Waals surface area contributed by atoms with Gasteiger partial charge in [0.15, 0.2) is 5.78 Å². The molecular formula is C12H15NO2. The maximum Gasteiger partial charge on any atom is 0.251 e. The summed E-state index contributed by atoms with van der Waals surface area (Å²) in [6.45, 7) is 3.74. The number of carbonyl (C=O) groups excluding carboxylic acids is 2. The van der Waals surface area contributed by atoms with Crippen molar-refractivity contribution in [3.05, 3.63) is 35.9 Å². The van der Waals surface area contributed by atoms with Gasteiger partial charge in [-0.1, -0.05) is 32.0 Å². The van der Waals surface area contributed by atoms with Crippen molar-refractivity contribution in [2.24, 2.45) is 5.92 Å². The zero-order chi connectivity index (χ0) is 11.3. The topological polar surface area (TPSA) is 46.2 Å². The number of hydrogen-bond acceptors (Lipinski definition) is 2. The second-order valence-corrected chi connectivity index (χ2v) is 3.67. The average molecular weight is 205 g/mol. The summed E-state index contributed by atoms with van der Waals surface area (Å²) in [5.41, 5.74) is 0.578. The van der Waals surface area contributed by atoms with E-state index in [1.54, 1.807) is 24.3 Å². The Balaban J connectivity index is 2.48. The van der Waals surface area contributed by atoms with Crippen LogP contribution < -0.4 is 5.32 Å². The molecule has 15 heavy (non-hydrogen) atoms. The van der Waals surface area contributed by atoms with Gasteiger partial charge in [0.2, 0.25) is 0 Å². The molecule has 1 N–H and O–H groups in total. The standard InChI is InChI=1S/C12H15NO2/c1-9(2)11(14)8-13-12(15)10-6-4-3-5-7-10/h3-7,9H,8H2,1-2H3,(H,13,15). The molecule has 0 aliphatic heterocycles. The lowest BCUT2D eigenvalue weighted by molar-refractivity contribution is -0.120. The smallest absolute Gasteiger partial charge is 0.251 e. The van der Waals surface area contributed by atoms with Crippen molar-refractivity contribution in [1.82, 2.24) is 5.32 Å². The molecule has 0 saturated carbocycles. The molecule has 0 aliphatic carbocycles. The Bertz CT molecular complexity index is 344. The zero-order valence-electron chi connectivity index (χ0n) is 8.99. The molecule has 0 saturated heterocycles. The lowest BCUT2D eigenvalue weighted by Crippen LogP contribution is -2.31. The number of Topliss-reactive ketones (excluding diaryl/α,β-unsaturated/α-hetero) is 1. The summed E-state index contributed by atoms with van der Waals surface area (Å²) >= 11 is 0. The van der Waals surface area contributed by atoms with Gasteiger partial charge in [-0.15, -0.1) is 0 Å². The van der Waals surface area contributed by atoms with Gasteiger partial charge in [-0.2, -0.15) is 0 Å². The fourth-order valence-corrected chi connectivity index (χ4v) is 1.06. The molecule has 3 heteroatoms. The first-order valence-corrected chi connectivity index (χ1v) is 4.97. The van der Waals surface area contributed by atoms with Crippen LogP contribution >= 0.6 is 0 Å². The van der Waals surface area contributed by atoms with Gasteiger partial charge in [0, 0.05) is 11.5 Å². The van der Waals surface area contributed by atoms with Crippen LogP contribution in [-0.4, -0.2) is 18.2 Å². The number of benzene rings is 1. The molecule has 0 bridgehead atoms. The number of hydrogen-bond donors (Lipinski definition) is 1. The van der Waals surface area contributed by atoms with Gasteiger partial charge in [0.25, 0.3) is 5.91 Å². The van der Waals surface area contributed by atoms with Crippen LogP contribution in [0.15, 0.2) is 30.3 Å². The van der Waals surface area contributed by atoms with Gasteiger partial charge >= 0.3 is 0 Å². The summed E-state index contributed by atoms with van der Waals surface area (Å²) < 4.78 is 0. The highest BCUT2D eigenvalue weighted by Gasteiger charge is 2.09. The third-order valence-corrected chi connectivity index (χ3v) is 2.10. The Labute approximate surface area is 89.5 Å². The summed E-state index contributed by atoms with van der Waals surface area (Å²) in [5, 5.41) is 2.59. The van der Waals surface area contributed by atoms with E-state index in [-0.39, 0.29) is 24.2 Å². The van der Waals surface area contributed by atoms with Gasteiger partial charge < -0.3 is 5.32 Å². The van der Waals surface area contributed by atoms with E-state index in [2.05, 4.69) is 5.32 Å². The van der Waals surface area contributed by atoms with E-state index in [9.17, 15) is 9.59 Å². The van der Waals surface area contributed by atoms with Gasteiger partial charge in [0.1, 0.15) is 0 Å². The van der Waals surface area contributed by atoms with Crippen LogP contribution in [0, 0.1) is 5.92 Å². The van der Waals surface area contributed by atoms with Crippen LogP contribution in [-0.2, 0) is 4.79 Å². The van der Waals surface area contributed by atoms with Crippen molar-refractivity contribution in [3.8, 4) is 0 Å². The molecule has 80 valence electrons. The molecule has 0 aromatic heterocycles. The van der Waals surface area contributed by atoms with E-state index in [1.165, 1.54) is 0 Å². The number of rotatable bonds is 4. The highest BCUT2D eigenvalue weighted by Crippen LogP contribution is 1.98. The Kier molecular flexibility index (Phi) is 4.03. The van der Waals surface area contributed by atoms with E-state index in [4.69, 9.17) is 0 Å². The highest BCUT2D eigenvalue weighted by atomic mass is 16.2. The lowest BCUT2D eigenvalue weighted by atomic mass is 10.1. The maximum absolute atomic E-state index is 11.5. The summed E-state index contributed by atoms with van der Waals surface area (Å²) in [5.74, 6) is -0.204. The number of amides is 1. The van der Waals surface area contributed by atoms with Crippen LogP contribution in [0.4, 0.5) is 0 Å². The Morgan fingerprint density at radius 1 is 1.20 bits per heavy atom. The maximum atomic E-state index is 11.5. The van der Waals surface area contributed by atoms with Gasteiger partial charge in [-0.3, -0.25) is 9.59 Å². The molecule has 0 fully saturated rings. The second kappa shape index (κ2) is 5.29. The molecule has 0 atom stereocenters. The summed E-state index contributed by atoms with van der Waals surface area (Å²) in [6, 6.07) is 8.86. The first kappa shape index (κ1) is 11.4. The van der Waals surface area contributed by atoms with Gasteiger partial charge in [0.05, 0.1) is 6.54 Å². The quantitative estimate of drug-likeness (QED) is 0.812. The van der Waals surface area contributed by atoms with E-state index in [0.29, 0.717) is 5.56 Å². The van der Waals surface area contributed by atoms with Crippen LogP contribution in [0.5, 0.6) is 0 Å². The van der Waals surface area contributed by atoms with E-state index in [0.717, 1.165) is 0 Å². The number of ketones is 1. The normalized spacial score (nSPS) is 10.1. The fraction of sp³-hybridized carbons (Fsp3) is 0.333. The predicted molar refractivity (Wildman–Crippen MR) is 58.6 cm³/mol. The first-order valence-electron chi connectivity index (χ1n) is 4.97. The third-order valence-electron chi connectivity index (χ3n) is 2.10. The minimum absolute atomic E-state index is 0.0407. The molecule has 0 spiro atoms. The SMILES string of the molecule is CC(C)C(=O)CNC(=O)c1ccccc1.